The minimum atomic E-state index is -0.916. The van der Waals surface area contributed by atoms with Crippen LogP contribution in [0, 0.1) is 0 Å². The van der Waals surface area contributed by atoms with Gasteiger partial charge in [0.2, 0.25) is 0 Å². The van der Waals surface area contributed by atoms with Gasteiger partial charge in [0.25, 0.3) is 0 Å². The molecule has 1 rings (SSSR count). The number of carboxylic acids is 1. The lowest BCUT2D eigenvalue weighted by Gasteiger charge is -2.23. The maximum atomic E-state index is 11.1. The minimum Gasteiger partial charge on any atom is -0.478 e. The van der Waals surface area contributed by atoms with Crippen LogP contribution in [0.5, 0.6) is 0 Å². The van der Waals surface area contributed by atoms with Gasteiger partial charge >= 0.3 is 5.97 Å². The SMILES string of the molecule is CNC1(C)/C=C\C/C(NI)=C\C(C(=O)O)=C/1. The van der Waals surface area contributed by atoms with Crippen LogP contribution in [-0.4, -0.2) is 23.7 Å². The number of rotatable bonds is 3. The standard InChI is InChI=1S/C11H15IN2O2/c1-11(13-2)5-3-4-9(14-12)6-8(7-11)10(15)16/h3,5-7,13-14H,4H2,1-2H3,(H,15,16)/b5-3-,8-7+,9-6+. The third-order valence-electron chi connectivity index (χ3n) is 2.49. The van der Waals surface area contributed by atoms with Gasteiger partial charge in [0, 0.05) is 12.1 Å². The van der Waals surface area contributed by atoms with Crippen molar-refractivity contribution in [2.75, 3.05) is 7.05 Å². The maximum Gasteiger partial charge on any atom is 0.335 e. The Morgan fingerprint density at radius 2 is 2.31 bits per heavy atom. The quantitative estimate of drug-likeness (QED) is 0.418. The van der Waals surface area contributed by atoms with Gasteiger partial charge in [0.1, 0.15) is 0 Å². The summed E-state index contributed by atoms with van der Waals surface area (Å²) >= 11 is 2.00. The summed E-state index contributed by atoms with van der Waals surface area (Å²) in [4.78, 5) is 11.1. The summed E-state index contributed by atoms with van der Waals surface area (Å²) in [5, 5.41) is 12.2. The molecule has 1 atom stereocenters. The van der Waals surface area contributed by atoms with Gasteiger partial charge in [-0.05, 0) is 26.1 Å². The molecule has 0 bridgehead atoms. The third kappa shape index (κ3) is 3.34. The van der Waals surface area contributed by atoms with Crippen LogP contribution in [-0.2, 0) is 4.79 Å². The summed E-state index contributed by atoms with van der Waals surface area (Å²) in [7, 11) is 1.81. The number of hydrogen-bond donors (Lipinski definition) is 3. The molecular weight excluding hydrogens is 319 g/mol. The molecule has 0 aromatic carbocycles. The smallest absolute Gasteiger partial charge is 0.335 e. The van der Waals surface area contributed by atoms with E-state index in [0.29, 0.717) is 12.0 Å². The van der Waals surface area contributed by atoms with E-state index in [1.165, 1.54) is 0 Å². The topological polar surface area (TPSA) is 61.4 Å². The van der Waals surface area contributed by atoms with Crippen LogP contribution in [0.1, 0.15) is 13.3 Å². The predicted octanol–water partition coefficient (Wildman–Crippen LogP) is 1.76. The fourth-order valence-electron chi connectivity index (χ4n) is 1.43. The van der Waals surface area contributed by atoms with Crippen molar-refractivity contribution in [3.63, 3.8) is 0 Å². The molecule has 4 nitrogen and oxygen atoms in total. The van der Waals surface area contributed by atoms with Crippen LogP contribution in [0.25, 0.3) is 0 Å². The van der Waals surface area contributed by atoms with E-state index >= 15 is 0 Å². The zero-order chi connectivity index (χ0) is 12.2. The fraction of sp³-hybridized carbons (Fsp3) is 0.364. The summed E-state index contributed by atoms with van der Waals surface area (Å²) in [5.41, 5.74) is 0.755. The van der Waals surface area contributed by atoms with E-state index in [1.807, 2.05) is 49.0 Å². The molecular formula is C11H15IN2O2. The largest absolute Gasteiger partial charge is 0.478 e. The Bertz CT molecular complexity index is 374. The van der Waals surface area contributed by atoms with Gasteiger partial charge in [-0.15, -0.1) is 0 Å². The molecule has 0 spiro atoms. The summed E-state index contributed by atoms with van der Waals surface area (Å²) in [6.07, 6.45) is 8.05. The van der Waals surface area contributed by atoms with Gasteiger partial charge in [0.15, 0.2) is 0 Å². The molecule has 1 aliphatic carbocycles. The highest BCUT2D eigenvalue weighted by molar-refractivity contribution is 14.1. The average molecular weight is 334 g/mol. The maximum absolute atomic E-state index is 11.1. The van der Waals surface area contributed by atoms with Gasteiger partial charge in [-0.25, -0.2) is 4.79 Å². The van der Waals surface area contributed by atoms with Crippen molar-refractivity contribution in [3.05, 3.63) is 35.6 Å². The first-order valence-corrected chi connectivity index (χ1v) is 5.98. The second-order valence-electron chi connectivity index (χ2n) is 3.81. The van der Waals surface area contributed by atoms with Crippen LogP contribution in [0.4, 0.5) is 0 Å². The lowest BCUT2D eigenvalue weighted by molar-refractivity contribution is -0.132. The molecule has 1 unspecified atom stereocenters. The van der Waals surface area contributed by atoms with Crippen LogP contribution in [0.3, 0.4) is 0 Å². The van der Waals surface area contributed by atoms with Crippen molar-refractivity contribution in [1.29, 1.82) is 0 Å². The van der Waals surface area contributed by atoms with E-state index in [0.717, 1.165) is 5.70 Å². The van der Waals surface area contributed by atoms with Crippen molar-refractivity contribution in [1.82, 2.24) is 8.85 Å². The van der Waals surface area contributed by atoms with Gasteiger partial charge in [0.05, 0.1) is 34.0 Å². The Kier molecular flexibility index (Phi) is 4.55. The highest BCUT2D eigenvalue weighted by atomic mass is 127. The first-order valence-electron chi connectivity index (χ1n) is 4.91. The third-order valence-corrected chi connectivity index (χ3v) is 3.19. The highest BCUT2D eigenvalue weighted by Crippen LogP contribution is 2.18. The summed E-state index contributed by atoms with van der Waals surface area (Å²) in [6.45, 7) is 1.93. The molecule has 0 heterocycles. The fourth-order valence-corrected chi connectivity index (χ4v) is 1.81. The van der Waals surface area contributed by atoms with Gasteiger partial charge in [-0.3, -0.25) is 0 Å². The Morgan fingerprint density at radius 3 is 2.81 bits per heavy atom. The van der Waals surface area contributed by atoms with Gasteiger partial charge in [-0.2, -0.15) is 0 Å². The second kappa shape index (κ2) is 5.49. The predicted molar refractivity (Wildman–Crippen MR) is 72.2 cm³/mol. The molecule has 0 saturated heterocycles. The molecule has 0 amide bonds. The van der Waals surface area contributed by atoms with Gasteiger partial charge in [-0.1, -0.05) is 12.2 Å². The Labute approximate surface area is 109 Å². The van der Waals surface area contributed by atoms with E-state index in [1.54, 1.807) is 12.2 Å². The first-order chi connectivity index (χ1) is 7.50. The number of nitrogens with one attached hydrogen (secondary N) is 2. The molecule has 0 saturated carbocycles. The lowest BCUT2D eigenvalue weighted by Crippen LogP contribution is -2.36. The van der Waals surface area contributed by atoms with Crippen LogP contribution < -0.4 is 8.85 Å². The van der Waals surface area contributed by atoms with E-state index < -0.39 is 11.5 Å². The Hall–Kier alpha value is -0.820. The normalized spacial score (nSPS) is 33.7. The molecule has 0 aliphatic heterocycles. The lowest BCUT2D eigenvalue weighted by atomic mass is 9.95. The molecule has 5 heteroatoms. The highest BCUT2D eigenvalue weighted by Gasteiger charge is 2.19. The van der Waals surface area contributed by atoms with E-state index in [-0.39, 0.29) is 0 Å². The van der Waals surface area contributed by atoms with E-state index in [4.69, 9.17) is 5.11 Å². The number of hydrogen-bond acceptors (Lipinski definition) is 3. The Morgan fingerprint density at radius 1 is 1.62 bits per heavy atom. The van der Waals surface area contributed by atoms with E-state index in [2.05, 4.69) is 8.85 Å². The van der Waals surface area contributed by atoms with Crippen LogP contribution in [0.2, 0.25) is 0 Å². The molecule has 0 aromatic heterocycles. The number of allylic oxidation sites excluding steroid dienone is 1. The number of carboxylic acid groups (broad SMARTS) is 1. The molecule has 0 aromatic rings. The molecule has 0 radical (unpaired) electrons. The molecule has 88 valence electrons. The zero-order valence-corrected chi connectivity index (χ0v) is 11.4. The van der Waals surface area contributed by atoms with Gasteiger partial charge < -0.3 is 14.0 Å². The number of halogens is 1. The first kappa shape index (κ1) is 13.2. The van der Waals surface area contributed by atoms with Crippen LogP contribution in [0.15, 0.2) is 35.6 Å². The monoisotopic (exact) mass is 334 g/mol. The van der Waals surface area contributed by atoms with Crippen molar-refractivity contribution in [2.24, 2.45) is 0 Å². The van der Waals surface area contributed by atoms with Crippen LogP contribution >= 0.6 is 22.9 Å². The molecule has 16 heavy (non-hydrogen) atoms. The average Bonchev–Trinajstić information content (AvgIpc) is 2.23. The molecule has 3 N–H and O–H groups in total. The van der Waals surface area contributed by atoms with Crippen molar-refractivity contribution in [2.45, 2.75) is 18.9 Å². The molecule has 1 aliphatic rings. The second-order valence-corrected chi connectivity index (χ2v) is 4.35. The number of aliphatic carboxylic acids is 1. The van der Waals surface area contributed by atoms with Crippen molar-refractivity contribution >= 4 is 28.8 Å². The summed E-state index contributed by atoms with van der Waals surface area (Å²) in [5.74, 6) is -0.916. The van der Waals surface area contributed by atoms with Crippen molar-refractivity contribution in [3.8, 4) is 0 Å². The number of likely N-dealkylation sites (N-methyl/N-ethyl adjacent to an activating group) is 1. The summed E-state index contributed by atoms with van der Waals surface area (Å²) < 4.78 is 2.96. The van der Waals surface area contributed by atoms with E-state index in [9.17, 15) is 4.79 Å². The summed E-state index contributed by atoms with van der Waals surface area (Å²) in [6, 6.07) is 0. The van der Waals surface area contributed by atoms with Crippen molar-refractivity contribution < 1.29 is 9.90 Å². The molecule has 0 fully saturated rings. The minimum absolute atomic E-state index is 0.292. The number of carbonyl (C=O) groups is 1. The Balaban J connectivity index is 3.18. The zero-order valence-electron chi connectivity index (χ0n) is 9.25.